The average Bonchev–Trinajstić information content (AvgIpc) is 3.04. The Morgan fingerprint density at radius 3 is 2.03 bits per heavy atom. The quantitative estimate of drug-likeness (QED) is 0.567. The van der Waals surface area contributed by atoms with Gasteiger partial charge in [-0.2, -0.15) is 0 Å². The van der Waals surface area contributed by atoms with Crippen LogP contribution < -0.4 is 4.90 Å². The monoisotopic (exact) mass is 400 g/mol. The fourth-order valence-electron chi connectivity index (χ4n) is 3.68. The van der Waals surface area contributed by atoms with E-state index in [0.717, 1.165) is 10.5 Å². The Hall–Kier alpha value is -3.73. The van der Waals surface area contributed by atoms with E-state index in [9.17, 15) is 14.0 Å². The van der Waals surface area contributed by atoms with E-state index in [1.54, 1.807) is 18.2 Å². The first-order chi connectivity index (χ1) is 14.6. The van der Waals surface area contributed by atoms with E-state index >= 15 is 0 Å². The lowest BCUT2D eigenvalue weighted by molar-refractivity contribution is -0.120. The summed E-state index contributed by atoms with van der Waals surface area (Å²) in [4.78, 5) is 29.7. The summed E-state index contributed by atoms with van der Waals surface area (Å²) in [6.45, 7) is 2.92. The molecule has 0 unspecified atom stereocenters. The minimum atomic E-state index is -0.612. The van der Waals surface area contributed by atoms with Gasteiger partial charge in [-0.1, -0.05) is 72.8 Å². The number of imide groups is 1. The zero-order chi connectivity index (χ0) is 21.1. The molecule has 0 bridgehead atoms. The van der Waals surface area contributed by atoms with Gasteiger partial charge in [-0.15, -0.1) is 0 Å². The number of benzene rings is 3. The van der Waals surface area contributed by atoms with Crippen molar-refractivity contribution in [2.24, 2.45) is 0 Å². The first-order valence-corrected chi connectivity index (χ1v) is 9.83. The molecule has 0 spiro atoms. The van der Waals surface area contributed by atoms with E-state index in [1.165, 1.54) is 18.2 Å². The summed E-state index contributed by atoms with van der Waals surface area (Å²) in [5, 5.41) is 0. The van der Waals surface area contributed by atoms with Gasteiger partial charge in [-0.3, -0.25) is 9.59 Å². The zero-order valence-corrected chi connectivity index (χ0v) is 16.6. The maximum atomic E-state index is 14.5. The van der Waals surface area contributed by atoms with Crippen LogP contribution in [0.5, 0.6) is 0 Å². The summed E-state index contributed by atoms with van der Waals surface area (Å²) in [6.07, 6.45) is 0. The van der Waals surface area contributed by atoms with E-state index < -0.39 is 17.6 Å². The highest BCUT2D eigenvalue weighted by molar-refractivity contribution is 6.45. The third-order valence-corrected chi connectivity index (χ3v) is 5.13. The largest absolute Gasteiger partial charge is 0.362 e. The molecule has 30 heavy (non-hydrogen) atoms. The van der Waals surface area contributed by atoms with Crippen molar-refractivity contribution in [3.05, 3.63) is 108 Å². The predicted octanol–water partition coefficient (Wildman–Crippen LogP) is 4.63. The number of halogens is 1. The highest BCUT2D eigenvalue weighted by Gasteiger charge is 2.43. The normalized spacial score (nSPS) is 13.9. The lowest BCUT2D eigenvalue weighted by Crippen LogP contribution is -2.35. The lowest BCUT2D eigenvalue weighted by Gasteiger charge is -2.25. The molecule has 1 heterocycles. The highest BCUT2D eigenvalue weighted by atomic mass is 19.1. The van der Waals surface area contributed by atoms with Crippen molar-refractivity contribution < 1.29 is 14.0 Å². The van der Waals surface area contributed by atoms with Crippen LogP contribution in [0.4, 0.5) is 10.1 Å². The molecule has 0 saturated carbocycles. The molecule has 2 amide bonds. The number of hydrogen-bond donors (Lipinski definition) is 0. The molecular formula is C25H21FN2O2. The molecule has 4 nitrogen and oxygen atoms in total. The van der Waals surface area contributed by atoms with E-state index in [0.29, 0.717) is 29.9 Å². The number of carbonyl (C=O) groups excluding carboxylic acids is 2. The third kappa shape index (κ3) is 3.50. The fraction of sp³-hybridized carbons (Fsp3) is 0.120. The van der Waals surface area contributed by atoms with Crippen molar-refractivity contribution in [3.63, 3.8) is 0 Å². The Bertz CT molecular complexity index is 1110. The Labute approximate surface area is 174 Å². The second kappa shape index (κ2) is 8.33. The molecule has 1 aliphatic heterocycles. The van der Waals surface area contributed by atoms with Crippen LogP contribution >= 0.6 is 0 Å². The predicted molar refractivity (Wildman–Crippen MR) is 115 cm³/mol. The maximum Gasteiger partial charge on any atom is 0.282 e. The SMILES string of the molecule is CCN(Cc1ccccc1)C1=C(c2ccccc2)C(=O)N(c2ccccc2F)C1=O. The van der Waals surface area contributed by atoms with Crippen LogP contribution in [0.3, 0.4) is 0 Å². The molecule has 0 saturated heterocycles. The van der Waals surface area contributed by atoms with Crippen LogP contribution in [0.1, 0.15) is 18.1 Å². The zero-order valence-electron chi connectivity index (χ0n) is 16.6. The van der Waals surface area contributed by atoms with E-state index in [2.05, 4.69) is 0 Å². The van der Waals surface area contributed by atoms with Crippen molar-refractivity contribution in [2.45, 2.75) is 13.5 Å². The molecule has 0 aliphatic carbocycles. The number of rotatable bonds is 6. The van der Waals surface area contributed by atoms with Gasteiger partial charge in [-0.25, -0.2) is 9.29 Å². The molecule has 0 fully saturated rings. The van der Waals surface area contributed by atoms with Crippen LogP contribution in [0, 0.1) is 5.82 Å². The molecule has 150 valence electrons. The molecule has 5 heteroatoms. The molecule has 0 radical (unpaired) electrons. The van der Waals surface area contributed by atoms with Crippen molar-refractivity contribution in [1.29, 1.82) is 0 Å². The minimum absolute atomic E-state index is 0.0355. The van der Waals surface area contributed by atoms with E-state index in [-0.39, 0.29) is 5.69 Å². The fourth-order valence-corrected chi connectivity index (χ4v) is 3.68. The third-order valence-electron chi connectivity index (χ3n) is 5.13. The summed E-state index contributed by atoms with van der Waals surface area (Å²) in [7, 11) is 0. The summed E-state index contributed by atoms with van der Waals surface area (Å²) in [5.41, 5.74) is 2.20. The number of nitrogens with zero attached hydrogens (tertiary/aromatic N) is 2. The second-order valence-electron chi connectivity index (χ2n) is 6.99. The number of anilines is 1. The van der Waals surface area contributed by atoms with Crippen LogP contribution in [-0.4, -0.2) is 23.3 Å². The molecular weight excluding hydrogens is 379 g/mol. The molecule has 3 aromatic rings. The van der Waals surface area contributed by atoms with Crippen molar-refractivity contribution >= 4 is 23.1 Å². The molecule has 3 aromatic carbocycles. The van der Waals surface area contributed by atoms with Crippen molar-refractivity contribution in [3.8, 4) is 0 Å². The first-order valence-electron chi connectivity index (χ1n) is 9.83. The van der Waals surface area contributed by atoms with Crippen LogP contribution in [0.15, 0.2) is 90.6 Å². The van der Waals surface area contributed by atoms with Gasteiger partial charge in [-0.05, 0) is 30.2 Å². The van der Waals surface area contributed by atoms with Crippen LogP contribution in [-0.2, 0) is 16.1 Å². The van der Waals surface area contributed by atoms with Gasteiger partial charge in [0, 0.05) is 13.1 Å². The summed E-state index contributed by atoms with van der Waals surface area (Å²) in [6, 6.07) is 24.7. The van der Waals surface area contributed by atoms with Gasteiger partial charge < -0.3 is 4.90 Å². The summed E-state index contributed by atoms with van der Waals surface area (Å²) in [5.74, 6) is -1.64. The van der Waals surface area contributed by atoms with Gasteiger partial charge in [0.25, 0.3) is 11.8 Å². The second-order valence-corrected chi connectivity index (χ2v) is 6.99. The van der Waals surface area contributed by atoms with Gasteiger partial charge >= 0.3 is 0 Å². The van der Waals surface area contributed by atoms with Gasteiger partial charge in [0.05, 0.1) is 11.3 Å². The van der Waals surface area contributed by atoms with Crippen molar-refractivity contribution in [2.75, 3.05) is 11.4 Å². The smallest absolute Gasteiger partial charge is 0.282 e. The van der Waals surface area contributed by atoms with Gasteiger partial charge in [0.1, 0.15) is 11.5 Å². The number of amides is 2. The molecule has 1 aliphatic rings. The lowest BCUT2D eigenvalue weighted by atomic mass is 10.0. The van der Waals surface area contributed by atoms with Crippen LogP contribution in [0.2, 0.25) is 0 Å². The average molecular weight is 400 g/mol. The number of hydrogen-bond acceptors (Lipinski definition) is 3. The number of para-hydroxylation sites is 1. The van der Waals surface area contributed by atoms with E-state index in [1.807, 2.05) is 60.4 Å². The Morgan fingerprint density at radius 2 is 1.40 bits per heavy atom. The summed E-state index contributed by atoms with van der Waals surface area (Å²) >= 11 is 0. The summed E-state index contributed by atoms with van der Waals surface area (Å²) < 4.78 is 14.5. The molecule has 4 rings (SSSR count). The topological polar surface area (TPSA) is 40.6 Å². The van der Waals surface area contributed by atoms with E-state index in [4.69, 9.17) is 0 Å². The molecule has 0 aromatic heterocycles. The number of likely N-dealkylation sites (N-methyl/N-ethyl adjacent to an activating group) is 1. The Balaban J connectivity index is 1.84. The Kier molecular flexibility index (Phi) is 5.44. The van der Waals surface area contributed by atoms with Gasteiger partial charge in [0.15, 0.2) is 0 Å². The van der Waals surface area contributed by atoms with Gasteiger partial charge in [0.2, 0.25) is 0 Å². The molecule has 0 atom stereocenters. The van der Waals surface area contributed by atoms with Crippen molar-refractivity contribution in [1.82, 2.24) is 4.90 Å². The first kappa shape index (κ1) is 19.6. The standard InChI is InChI=1S/C25H21FN2O2/c1-2-27(17-18-11-5-3-6-12-18)23-22(19-13-7-4-8-14-19)24(29)28(25(23)30)21-16-10-9-15-20(21)26/h3-16H,2,17H2,1H3. The highest BCUT2D eigenvalue weighted by Crippen LogP contribution is 2.36. The minimum Gasteiger partial charge on any atom is -0.362 e. The Morgan fingerprint density at radius 1 is 0.800 bits per heavy atom. The number of carbonyl (C=O) groups is 2. The maximum absolute atomic E-state index is 14.5. The van der Waals surface area contributed by atoms with Crippen LogP contribution in [0.25, 0.3) is 5.57 Å². The molecule has 0 N–H and O–H groups in total.